The Morgan fingerprint density at radius 1 is 0.410 bits per heavy atom. The van der Waals surface area contributed by atoms with Crippen LogP contribution in [0.25, 0.3) is 139 Å². The summed E-state index contributed by atoms with van der Waals surface area (Å²) in [6, 6.07) is 136. The molecule has 0 bridgehead atoms. The number of rotatable bonds is 14. The van der Waals surface area contributed by atoms with Gasteiger partial charge in [0.1, 0.15) is 20.2 Å². The van der Waals surface area contributed by atoms with E-state index in [9.17, 15) is 4.39 Å². The molecule has 3 unspecified atom stereocenters. The van der Waals surface area contributed by atoms with Crippen molar-refractivity contribution in [1.29, 1.82) is 0 Å². The number of aliphatic hydroxyl groups is 4. The summed E-state index contributed by atoms with van der Waals surface area (Å²) in [5.41, 5.74) is 30.7. The van der Waals surface area contributed by atoms with Crippen LogP contribution in [0.3, 0.4) is 0 Å². The number of hydrogen-bond donors (Lipinski definition) is 4. The molecule has 19 aromatic rings. The maximum Gasteiger partial charge on any atom is 0.106 e. The number of benzene rings is 14. The third-order valence-corrected chi connectivity index (χ3v) is 22.3. The molecular formula is C116H105BBiFIr2N8O4P-2. The standard InChI is InChI=1S/C51H38N2.C24H16N2.C16H11N2.C14H15N2.2C5H10O2.CH3BFP.Bi.2Ir.2H/c1-51(2)47-19-11-9-17-43(47)44-31-30-42(34-48(44)51)52(40-26-21-36(22-27-40)35-13-5-3-6-14-35)41-28-23-37(24-29-41)38-25-32-50-46(33-38)45-18-10-12-20-49(45)53(50)39-15-7-4-8-16-39;1-3-7-17(8-4-1)19-13-15-25-23-21(19)11-12-22-20(14-16-26-24(22)23)18-9-5-2-6-10-18;1-3-7-13(8-4-1)15-11-16(18-12-17-15)14-9-5-2-6-10-14;1-14(2,3)13-9-12(15-10-16-13)11-7-5-4-6-8-11;2*1-4(6)3-5(2)7;2-4-1-3;;;;;/h3-34H,1-2H3;1-16H;1-9,11-12H;4-7,9-10H,1-3H3;2*3-4,6-7H,1-2H3;4H,1H2;;;;;/q;;2*-1;;;;;;;;. The Morgan fingerprint density at radius 2 is 0.821 bits per heavy atom. The number of aliphatic hydroxyl groups excluding tert-OH is 4. The first kappa shape index (κ1) is 102. The smallest absolute Gasteiger partial charge is 0.106 e. The Bertz CT molecular complexity index is 6870. The van der Waals surface area contributed by atoms with Gasteiger partial charge in [-0.15, -0.1) is 80.2 Å². The Balaban J connectivity index is 0.000000177. The minimum Gasteiger partial charge on any atom is -0.286 e. The number of anilines is 3. The van der Waals surface area contributed by atoms with Gasteiger partial charge in [-0.3, -0.25) is 19.9 Å². The number of alkyl halides is 1. The topological polar surface area (TPSA) is 166 Å². The normalized spacial score (nSPS) is 12.0. The Morgan fingerprint density at radius 3 is 1.31 bits per heavy atom. The predicted molar refractivity (Wildman–Crippen MR) is 553 cm³/mol. The SMILES string of the molecule is CC(C)(C)c1cc(-c2[c-]cccc2)ncn1.CC(O)=CC(C)O.CC(O)=CC(C)O.CC1(C)c2ccccc2-c2ccc(N(c3ccc(-c4ccccc4)cc3)c3ccc(-c4ccc5c(c4)c4ccccc4n5-c4ccccc4)cc3)cc21.[B]PCF.[BiH2].[Ir].[Ir].[c-]1ccccc1-c1cc(-c2ccccc2)ncn1.c1ccc(-c2ccnc3c2ccc2c(-c4ccccc4)ccnc23)cc1. The van der Waals surface area contributed by atoms with Crippen molar-refractivity contribution in [3.05, 3.63) is 448 Å². The molecule has 0 fully saturated rings. The van der Waals surface area contributed by atoms with Crippen molar-refractivity contribution >= 4 is 103 Å². The van der Waals surface area contributed by atoms with Crippen LogP contribution < -0.4 is 4.90 Å². The summed E-state index contributed by atoms with van der Waals surface area (Å²) in [7, 11) is 4.65. The van der Waals surface area contributed by atoms with Crippen molar-refractivity contribution in [3.8, 4) is 95.1 Å². The zero-order chi connectivity index (χ0) is 91.8. The molecule has 5 radical (unpaired) electrons. The minimum absolute atomic E-state index is 0. The molecule has 673 valence electrons. The van der Waals surface area contributed by atoms with Gasteiger partial charge in [0.05, 0.1) is 57.9 Å². The molecular weight excluding hydrogens is 2220 g/mol. The van der Waals surface area contributed by atoms with Crippen molar-refractivity contribution in [2.45, 2.75) is 85.4 Å². The first-order valence-electron chi connectivity index (χ1n) is 43.5. The summed E-state index contributed by atoms with van der Waals surface area (Å²) >= 11 is 0. The second-order valence-electron chi connectivity index (χ2n) is 33.1. The van der Waals surface area contributed by atoms with E-state index in [4.69, 9.17) is 20.4 Å². The summed E-state index contributed by atoms with van der Waals surface area (Å²) in [5, 5.41) is 38.6. The Kier molecular flexibility index (Phi) is 37.1. The molecule has 3 atom stereocenters. The van der Waals surface area contributed by atoms with Gasteiger partial charge in [-0.05, 0) is 202 Å². The fourth-order valence-corrected chi connectivity index (χ4v) is 16.1. The quantitative estimate of drug-likeness (QED) is 0.0269. The first-order chi connectivity index (χ1) is 63.6. The fraction of sp³-hybridized carbons (Fsp3) is 0.121. The molecule has 5 heterocycles. The van der Waals surface area contributed by atoms with E-state index in [0.717, 1.165) is 78.3 Å². The number of hydrogen-bond acceptors (Lipinski definition) is 11. The van der Waals surface area contributed by atoms with Crippen LogP contribution in [0, 0.1) is 12.1 Å². The van der Waals surface area contributed by atoms with E-state index in [1.54, 1.807) is 26.5 Å². The number of halogens is 1. The minimum atomic E-state index is -0.537. The van der Waals surface area contributed by atoms with Gasteiger partial charge in [-0.25, -0.2) is 14.4 Å². The van der Waals surface area contributed by atoms with Crippen molar-refractivity contribution < 1.29 is 65.0 Å². The molecule has 0 spiro atoms. The number of fused-ring (bicyclic) bond motifs is 9. The average Bonchev–Trinajstić information content (AvgIpc) is 1.64. The average molecular weight is 2330 g/mol. The summed E-state index contributed by atoms with van der Waals surface area (Å²) in [6.07, 6.45) is 8.24. The predicted octanol–water partition coefficient (Wildman–Crippen LogP) is 28.3. The fourth-order valence-electron chi connectivity index (χ4n) is 16.1. The van der Waals surface area contributed by atoms with E-state index in [1.165, 1.54) is 120 Å². The number of para-hydroxylation sites is 2. The van der Waals surface area contributed by atoms with E-state index < -0.39 is 12.2 Å². The Hall–Kier alpha value is -12.7. The van der Waals surface area contributed by atoms with E-state index >= 15 is 0 Å². The van der Waals surface area contributed by atoms with Gasteiger partial charge in [0.15, 0.2) is 0 Å². The zero-order valence-electron chi connectivity index (χ0n) is 76.1. The molecule has 5 aromatic heterocycles. The van der Waals surface area contributed by atoms with Gasteiger partial charge in [0, 0.05) is 113 Å². The van der Waals surface area contributed by atoms with Gasteiger partial charge in [-0.1, -0.05) is 277 Å². The summed E-state index contributed by atoms with van der Waals surface area (Å²) in [4.78, 5) is 28.9. The summed E-state index contributed by atoms with van der Waals surface area (Å²) < 4.78 is 13.0. The second-order valence-corrected chi connectivity index (χ2v) is 33.8. The van der Waals surface area contributed by atoms with Crippen molar-refractivity contribution in [1.82, 2.24) is 34.5 Å². The van der Waals surface area contributed by atoms with Crippen LogP contribution >= 0.6 is 8.46 Å². The Labute approximate surface area is 834 Å². The molecule has 12 nitrogen and oxygen atoms in total. The second kappa shape index (κ2) is 48.8. The van der Waals surface area contributed by atoms with Crippen LogP contribution in [-0.2, 0) is 51.0 Å². The molecule has 14 aromatic carbocycles. The van der Waals surface area contributed by atoms with Gasteiger partial charge in [0.2, 0.25) is 0 Å². The van der Waals surface area contributed by atoms with E-state index in [0.29, 0.717) is 0 Å². The van der Waals surface area contributed by atoms with Crippen molar-refractivity contribution in [2.75, 3.05) is 11.3 Å². The maximum atomic E-state index is 10.6. The maximum absolute atomic E-state index is 10.6. The van der Waals surface area contributed by atoms with Crippen LogP contribution in [0.15, 0.2) is 419 Å². The third-order valence-electron chi connectivity index (χ3n) is 22.2. The van der Waals surface area contributed by atoms with Gasteiger partial charge >= 0.3 is 26.2 Å². The molecule has 0 saturated carbocycles. The number of allylic oxidation sites excluding steroid dienone is 2. The van der Waals surface area contributed by atoms with Gasteiger partial charge in [0.25, 0.3) is 0 Å². The van der Waals surface area contributed by atoms with Crippen LogP contribution in [0.5, 0.6) is 0 Å². The van der Waals surface area contributed by atoms with E-state index in [2.05, 4.69) is 361 Å². The number of pyridine rings is 2. The zero-order valence-corrected chi connectivity index (χ0v) is 86.4. The molecule has 1 aliphatic carbocycles. The van der Waals surface area contributed by atoms with E-state index in [-0.39, 0.29) is 104 Å². The molecule has 0 amide bonds. The molecule has 4 N–H and O–H groups in total. The van der Waals surface area contributed by atoms with Gasteiger partial charge < -0.3 is 29.9 Å². The first-order valence-corrected chi connectivity index (χ1v) is 44.8. The third kappa shape index (κ3) is 25.6. The largest absolute Gasteiger partial charge is 0.286 e. The summed E-state index contributed by atoms with van der Waals surface area (Å²) in [6.45, 7) is 17.3. The van der Waals surface area contributed by atoms with Gasteiger partial charge in [-0.2, -0.15) is 0 Å². The van der Waals surface area contributed by atoms with Crippen LogP contribution in [0.4, 0.5) is 21.5 Å². The number of nitrogens with zero attached hydrogens (tertiary/aromatic N) is 8. The molecule has 1 aliphatic rings. The van der Waals surface area contributed by atoms with Crippen LogP contribution in [-0.4, -0.2) is 107 Å². The molecule has 18 heteroatoms. The van der Waals surface area contributed by atoms with E-state index in [1.807, 2.05) is 116 Å². The molecule has 0 saturated heterocycles. The van der Waals surface area contributed by atoms with Crippen molar-refractivity contribution in [2.24, 2.45) is 0 Å². The molecule has 20 rings (SSSR count). The summed E-state index contributed by atoms with van der Waals surface area (Å²) in [5.74, 6) is 0.324. The van der Waals surface area contributed by atoms with Crippen LogP contribution in [0.2, 0.25) is 0 Å². The van der Waals surface area contributed by atoms with Crippen molar-refractivity contribution in [3.63, 3.8) is 0 Å². The van der Waals surface area contributed by atoms with Crippen LogP contribution in [0.1, 0.15) is 79.1 Å². The monoisotopic (exact) mass is 2330 g/mol. The molecule has 0 aliphatic heterocycles. The number of aromatic nitrogens is 7. The molecule has 134 heavy (non-hydrogen) atoms.